The molecule has 1 aliphatic carbocycles. The van der Waals surface area contributed by atoms with Crippen LogP contribution in [0.15, 0.2) is 0 Å². The van der Waals surface area contributed by atoms with Gasteiger partial charge in [-0.1, -0.05) is 19.8 Å². The van der Waals surface area contributed by atoms with Gasteiger partial charge in [0.2, 0.25) is 0 Å². The zero-order valence-corrected chi connectivity index (χ0v) is 12.7. The Hall–Kier alpha value is -0.940. The molecule has 0 aliphatic heterocycles. The summed E-state index contributed by atoms with van der Waals surface area (Å²) >= 11 is 0. The van der Waals surface area contributed by atoms with Crippen molar-refractivity contribution in [2.45, 2.75) is 45.4 Å². The molecule has 0 saturated heterocycles. The minimum atomic E-state index is -0.168. The van der Waals surface area contributed by atoms with E-state index in [2.05, 4.69) is 6.92 Å². The predicted octanol–water partition coefficient (Wildman–Crippen LogP) is 2.20. The van der Waals surface area contributed by atoms with E-state index in [1.807, 2.05) is 7.05 Å². The Labute approximate surface area is 121 Å². The fourth-order valence-corrected chi connectivity index (χ4v) is 2.39. The second-order valence-corrected chi connectivity index (χ2v) is 5.47. The van der Waals surface area contributed by atoms with Gasteiger partial charge in [0.1, 0.15) is 12.9 Å². The number of likely N-dealkylation sites (N-methyl/N-ethyl adjacent to an activating group) is 1. The molecule has 0 aromatic heterocycles. The van der Waals surface area contributed by atoms with Crippen molar-refractivity contribution >= 4 is 12.3 Å². The summed E-state index contributed by atoms with van der Waals surface area (Å²) in [5, 5.41) is 1.71. The van der Waals surface area contributed by atoms with Gasteiger partial charge in [-0.3, -0.25) is 9.63 Å². The minimum absolute atomic E-state index is 0.0290. The Kier molecular flexibility index (Phi) is 8.46. The lowest BCUT2D eigenvalue weighted by Gasteiger charge is -2.24. The number of nitrogens with zero attached hydrogens (tertiary/aromatic N) is 1. The number of aldehydes is 1. The maximum Gasteiger partial charge on any atom is 0.308 e. The summed E-state index contributed by atoms with van der Waals surface area (Å²) in [6.45, 7) is 3.72. The van der Waals surface area contributed by atoms with Crippen LogP contribution >= 0.6 is 0 Å². The van der Waals surface area contributed by atoms with E-state index in [0.717, 1.165) is 38.4 Å². The molecule has 20 heavy (non-hydrogen) atoms. The molecule has 0 radical (unpaired) electrons. The summed E-state index contributed by atoms with van der Waals surface area (Å²) in [5.74, 6) is -0.245. The van der Waals surface area contributed by atoms with Gasteiger partial charge in [-0.25, -0.2) is 0 Å². The Morgan fingerprint density at radius 2 is 2.15 bits per heavy atom. The predicted molar refractivity (Wildman–Crippen MR) is 76.0 cm³/mol. The Morgan fingerprint density at radius 1 is 1.35 bits per heavy atom. The first-order chi connectivity index (χ1) is 9.67. The van der Waals surface area contributed by atoms with Crippen LogP contribution in [-0.2, 0) is 19.2 Å². The second-order valence-electron chi connectivity index (χ2n) is 5.47. The highest BCUT2D eigenvalue weighted by atomic mass is 16.7. The molecule has 0 amide bonds. The second kappa shape index (κ2) is 9.88. The van der Waals surface area contributed by atoms with Gasteiger partial charge in [0.25, 0.3) is 0 Å². The first-order valence-corrected chi connectivity index (χ1v) is 7.63. The van der Waals surface area contributed by atoms with E-state index in [4.69, 9.17) is 9.57 Å². The molecule has 5 nitrogen and oxygen atoms in total. The quantitative estimate of drug-likeness (QED) is 0.281. The van der Waals surface area contributed by atoms with E-state index in [9.17, 15) is 9.59 Å². The third-order valence-corrected chi connectivity index (χ3v) is 3.70. The van der Waals surface area contributed by atoms with Gasteiger partial charge in [-0.2, -0.15) is 5.06 Å². The Bertz CT molecular complexity index is 296. The molecule has 0 spiro atoms. The Balaban J connectivity index is 2.14. The largest absolute Gasteiger partial charge is 0.464 e. The fourth-order valence-electron chi connectivity index (χ4n) is 2.39. The molecule has 0 N–H and O–H groups in total. The number of carbonyl (C=O) groups excluding carboxylic acids is 2. The standard InChI is InChI=1S/C15H27NO4/c1-3-4-9-20-16(2)8-10-19-15(18)14-7-5-6-13(11-14)12-17/h12-14H,3-11H2,1-2H3. The van der Waals surface area contributed by atoms with Crippen LogP contribution in [0.2, 0.25) is 0 Å². The van der Waals surface area contributed by atoms with Crippen molar-refractivity contribution in [3.05, 3.63) is 0 Å². The zero-order chi connectivity index (χ0) is 14.8. The maximum atomic E-state index is 11.9. The molecule has 0 bridgehead atoms. The molecule has 1 rings (SSSR count). The summed E-state index contributed by atoms with van der Waals surface area (Å²) in [6, 6.07) is 0. The summed E-state index contributed by atoms with van der Waals surface area (Å²) in [5.41, 5.74) is 0. The fraction of sp³-hybridized carbons (Fsp3) is 0.867. The summed E-state index contributed by atoms with van der Waals surface area (Å²) in [4.78, 5) is 28.1. The number of rotatable bonds is 9. The summed E-state index contributed by atoms with van der Waals surface area (Å²) in [6.07, 6.45) is 6.41. The SMILES string of the molecule is CCCCON(C)CCOC(=O)C1CCCC(C=O)C1. The van der Waals surface area contributed by atoms with Gasteiger partial charge in [-0.05, 0) is 25.7 Å². The molecule has 0 aromatic carbocycles. The molecule has 1 aliphatic rings. The topological polar surface area (TPSA) is 55.8 Å². The van der Waals surface area contributed by atoms with Gasteiger partial charge in [0.15, 0.2) is 0 Å². The molecular weight excluding hydrogens is 258 g/mol. The summed E-state index contributed by atoms with van der Waals surface area (Å²) in [7, 11) is 1.84. The molecule has 0 aromatic rings. The normalized spacial score (nSPS) is 22.8. The van der Waals surface area contributed by atoms with E-state index >= 15 is 0 Å². The molecule has 1 saturated carbocycles. The smallest absolute Gasteiger partial charge is 0.308 e. The maximum absolute atomic E-state index is 11.9. The Morgan fingerprint density at radius 3 is 2.85 bits per heavy atom. The van der Waals surface area contributed by atoms with E-state index in [1.54, 1.807) is 5.06 Å². The van der Waals surface area contributed by atoms with Gasteiger partial charge in [0, 0.05) is 13.0 Å². The van der Waals surface area contributed by atoms with Crippen LogP contribution < -0.4 is 0 Å². The van der Waals surface area contributed by atoms with Gasteiger partial charge >= 0.3 is 5.97 Å². The summed E-state index contributed by atoms with van der Waals surface area (Å²) < 4.78 is 5.27. The molecule has 0 heterocycles. The molecule has 5 heteroatoms. The lowest BCUT2D eigenvalue weighted by Crippen LogP contribution is -2.29. The van der Waals surface area contributed by atoms with Crippen molar-refractivity contribution in [2.75, 3.05) is 26.8 Å². The first-order valence-electron chi connectivity index (χ1n) is 7.63. The van der Waals surface area contributed by atoms with Crippen LogP contribution in [-0.4, -0.2) is 44.1 Å². The number of hydrogen-bond acceptors (Lipinski definition) is 5. The molecule has 1 fully saturated rings. The van der Waals surface area contributed by atoms with Crippen LogP contribution in [0.4, 0.5) is 0 Å². The van der Waals surface area contributed by atoms with Crippen LogP contribution in [0.5, 0.6) is 0 Å². The number of hydrogen-bond donors (Lipinski definition) is 0. The third kappa shape index (κ3) is 6.48. The lowest BCUT2D eigenvalue weighted by atomic mass is 9.82. The van der Waals surface area contributed by atoms with Crippen LogP contribution in [0.25, 0.3) is 0 Å². The third-order valence-electron chi connectivity index (χ3n) is 3.70. The van der Waals surface area contributed by atoms with Crippen LogP contribution in [0, 0.1) is 11.8 Å². The van der Waals surface area contributed by atoms with Crippen molar-refractivity contribution in [2.24, 2.45) is 11.8 Å². The van der Waals surface area contributed by atoms with Gasteiger partial charge in [-0.15, -0.1) is 0 Å². The average molecular weight is 285 g/mol. The van der Waals surface area contributed by atoms with Crippen molar-refractivity contribution in [3.8, 4) is 0 Å². The van der Waals surface area contributed by atoms with E-state index in [-0.39, 0.29) is 17.8 Å². The highest BCUT2D eigenvalue weighted by Crippen LogP contribution is 2.28. The number of esters is 1. The highest BCUT2D eigenvalue weighted by molar-refractivity contribution is 5.73. The zero-order valence-electron chi connectivity index (χ0n) is 12.7. The minimum Gasteiger partial charge on any atom is -0.464 e. The van der Waals surface area contributed by atoms with Crippen molar-refractivity contribution in [1.82, 2.24) is 5.06 Å². The van der Waals surface area contributed by atoms with E-state index in [0.29, 0.717) is 26.2 Å². The number of carbonyl (C=O) groups is 2. The van der Waals surface area contributed by atoms with Crippen LogP contribution in [0.1, 0.15) is 45.4 Å². The van der Waals surface area contributed by atoms with Crippen LogP contribution in [0.3, 0.4) is 0 Å². The van der Waals surface area contributed by atoms with Crippen molar-refractivity contribution in [3.63, 3.8) is 0 Å². The van der Waals surface area contributed by atoms with E-state index < -0.39 is 0 Å². The number of hydroxylamine groups is 2. The van der Waals surface area contributed by atoms with E-state index in [1.165, 1.54) is 0 Å². The highest BCUT2D eigenvalue weighted by Gasteiger charge is 2.28. The molecule has 116 valence electrons. The average Bonchev–Trinajstić information content (AvgIpc) is 2.47. The molecular formula is C15H27NO4. The lowest BCUT2D eigenvalue weighted by molar-refractivity contribution is -0.163. The number of ether oxygens (including phenoxy) is 1. The molecule has 2 atom stereocenters. The number of unbranched alkanes of at least 4 members (excludes halogenated alkanes) is 1. The first kappa shape index (κ1) is 17.1. The van der Waals surface area contributed by atoms with Crippen molar-refractivity contribution < 1.29 is 19.2 Å². The van der Waals surface area contributed by atoms with Crippen molar-refractivity contribution in [1.29, 1.82) is 0 Å². The van der Waals surface area contributed by atoms with Gasteiger partial charge < -0.3 is 9.53 Å². The molecule has 2 unspecified atom stereocenters. The van der Waals surface area contributed by atoms with Gasteiger partial charge in [0.05, 0.1) is 19.1 Å². The monoisotopic (exact) mass is 285 g/mol.